The average molecular weight is 331 g/mol. The molecule has 25 heavy (non-hydrogen) atoms. The molecule has 3 N–H and O–H groups in total. The fourth-order valence-corrected chi connectivity index (χ4v) is 2.51. The Morgan fingerprint density at radius 2 is 1.92 bits per heavy atom. The molecule has 0 radical (unpaired) electrons. The lowest BCUT2D eigenvalue weighted by atomic mass is 10.2. The van der Waals surface area contributed by atoms with Crippen LogP contribution in [0, 0.1) is 0 Å². The number of benzene rings is 2. The first-order chi connectivity index (χ1) is 12.1. The van der Waals surface area contributed by atoms with Gasteiger partial charge >= 0.3 is 5.97 Å². The summed E-state index contributed by atoms with van der Waals surface area (Å²) in [6.45, 7) is 7.41. The Bertz CT molecular complexity index is 982. The van der Waals surface area contributed by atoms with E-state index in [1.807, 2.05) is 36.4 Å². The van der Waals surface area contributed by atoms with Crippen molar-refractivity contribution in [1.82, 2.24) is 9.97 Å². The summed E-state index contributed by atoms with van der Waals surface area (Å²) in [6, 6.07) is 12.7. The second-order valence-electron chi connectivity index (χ2n) is 5.36. The van der Waals surface area contributed by atoms with Crippen LogP contribution in [-0.4, -0.2) is 21.0 Å². The number of aromatic carboxylic acids is 1. The number of carboxylic acids is 1. The van der Waals surface area contributed by atoms with Crippen LogP contribution in [0.3, 0.4) is 0 Å². The zero-order chi connectivity index (χ0) is 17.8. The summed E-state index contributed by atoms with van der Waals surface area (Å²) in [7, 11) is 0. The van der Waals surface area contributed by atoms with E-state index < -0.39 is 5.97 Å². The number of aromatic nitrogens is 2. The van der Waals surface area contributed by atoms with Gasteiger partial charge in [-0.1, -0.05) is 25.3 Å². The molecule has 124 valence electrons. The highest BCUT2D eigenvalue weighted by atomic mass is 16.4. The topological polar surface area (TPSA) is 78.0 Å². The number of imidazole rings is 1. The summed E-state index contributed by atoms with van der Waals surface area (Å²) in [4.78, 5) is 18.9. The SMILES string of the molecule is C=C/C=C(\C=C)Nc1ccc(-c2nc3c(C(=O)O)cccc3[nH]2)cc1. The second-order valence-corrected chi connectivity index (χ2v) is 5.36. The third-order valence-electron chi connectivity index (χ3n) is 3.71. The Kier molecular flexibility index (Phi) is 4.48. The third-order valence-corrected chi connectivity index (χ3v) is 3.71. The lowest BCUT2D eigenvalue weighted by Gasteiger charge is -2.07. The lowest BCUT2D eigenvalue weighted by molar-refractivity contribution is 0.0699. The molecule has 3 aromatic rings. The zero-order valence-electron chi connectivity index (χ0n) is 13.5. The van der Waals surface area contributed by atoms with Crippen molar-refractivity contribution in [3.63, 3.8) is 0 Å². The number of rotatable bonds is 6. The highest BCUT2D eigenvalue weighted by Gasteiger charge is 2.13. The monoisotopic (exact) mass is 331 g/mol. The molecular formula is C20H17N3O2. The molecule has 0 atom stereocenters. The first-order valence-corrected chi connectivity index (χ1v) is 7.67. The third kappa shape index (κ3) is 3.35. The number of nitrogens with zero attached hydrogens (tertiary/aromatic N) is 1. The molecule has 0 unspecified atom stereocenters. The van der Waals surface area contributed by atoms with E-state index in [1.54, 1.807) is 24.3 Å². The number of fused-ring (bicyclic) bond motifs is 1. The smallest absolute Gasteiger partial charge is 0.337 e. The Labute approximate surface area is 145 Å². The molecule has 5 heteroatoms. The average Bonchev–Trinajstić information content (AvgIpc) is 3.05. The van der Waals surface area contributed by atoms with Gasteiger partial charge in [0.1, 0.15) is 11.3 Å². The Morgan fingerprint density at radius 1 is 1.16 bits per heavy atom. The first-order valence-electron chi connectivity index (χ1n) is 7.67. The number of hydrogen-bond donors (Lipinski definition) is 3. The van der Waals surface area contributed by atoms with E-state index in [-0.39, 0.29) is 5.56 Å². The largest absolute Gasteiger partial charge is 0.478 e. The van der Waals surface area contributed by atoms with Gasteiger partial charge in [0.15, 0.2) is 0 Å². The zero-order valence-corrected chi connectivity index (χ0v) is 13.5. The van der Waals surface area contributed by atoms with E-state index in [0.29, 0.717) is 16.9 Å². The van der Waals surface area contributed by atoms with Gasteiger partial charge in [0.2, 0.25) is 0 Å². The molecule has 3 rings (SSSR count). The predicted octanol–water partition coefficient (Wildman–Crippen LogP) is 4.60. The van der Waals surface area contributed by atoms with Crippen molar-refractivity contribution in [3.8, 4) is 11.4 Å². The summed E-state index contributed by atoms with van der Waals surface area (Å²) >= 11 is 0. The van der Waals surface area contributed by atoms with E-state index in [1.165, 1.54) is 0 Å². The van der Waals surface area contributed by atoms with Crippen LogP contribution in [-0.2, 0) is 0 Å². The van der Waals surface area contributed by atoms with E-state index >= 15 is 0 Å². The van der Waals surface area contributed by atoms with Crippen LogP contribution in [0.15, 0.2) is 79.5 Å². The van der Waals surface area contributed by atoms with Gasteiger partial charge in [0, 0.05) is 16.9 Å². The van der Waals surface area contributed by atoms with Gasteiger partial charge in [-0.2, -0.15) is 0 Å². The number of H-pyrrole nitrogens is 1. The van der Waals surface area contributed by atoms with Crippen LogP contribution in [0.2, 0.25) is 0 Å². The first kappa shape index (κ1) is 16.3. The molecule has 0 bridgehead atoms. The molecule has 0 aliphatic heterocycles. The van der Waals surface area contributed by atoms with Crippen LogP contribution < -0.4 is 5.32 Å². The summed E-state index contributed by atoms with van der Waals surface area (Å²) in [5, 5.41) is 12.5. The van der Waals surface area contributed by atoms with Crippen LogP contribution in [0.4, 0.5) is 5.69 Å². The van der Waals surface area contributed by atoms with Crippen LogP contribution in [0.5, 0.6) is 0 Å². The van der Waals surface area contributed by atoms with Gasteiger partial charge < -0.3 is 15.4 Å². The Hall–Kier alpha value is -3.60. The van der Waals surface area contributed by atoms with Gasteiger partial charge in [0.25, 0.3) is 0 Å². The predicted molar refractivity (Wildman–Crippen MR) is 101 cm³/mol. The summed E-state index contributed by atoms with van der Waals surface area (Å²) < 4.78 is 0. The highest BCUT2D eigenvalue weighted by Crippen LogP contribution is 2.24. The van der Waals surface area contributed by atoms with E-state index in [2.05, 4.69) is 28.4 Å². The molecular weight excluding hydrogens is 314 g/mol. The van der Waals surface area contributed by atoms with E-state index in [9.17, 15) is 9.90 Å². The van der Waals surface area contributed by atoms with Crippen molar-refractivity contribution >= 4 is 22.7 Å². The summed E-state index contributed by atoms with van der Waals surface area (Å²) in [5.41, 5.74) is 3.95. The molecule has 2 aromatic carbocycles. The van der Waals surface area contributed by atoms with Gasteiger partial charge in [0.05, 0.1) is 11.1 Å². The Balaban J connectivity index is 1.92. The van der Waals surface area contributed by atoms with Gasteiger partial charge in [-0.15, -0.1) is 0 Å². The maximum atomic E-state index is 11.3. The minimum Gasteiger partial charge on any atom is -0.478 e. The van der Waals surface area contributed by atoms with Gasteiger partial charge in [-0.3, -0.25) is 0 Å². The number of carboxylic acid groups (broad SMARTS) is 1. The number of carbonyl (C=O) groups is 1. The van der Waals surface area contributed by atoms with Crippen molar-refractivity contribution < 1.29 is 9.90 Å². The minimum atomic E-state index is -0.992. The molecule has 1 heterocycles. The van der Waals surface area contributed by atoms with Gasteiger partial charge in [-0.05, 0) is 48.6 Å². The van der Waals surface area contributed by atoms with Crippen LogP contribution in [0.25, 0.3) is 22.4 Å². The summed E-state index contributed by atoms with van der Waals surface area (Å²) in [5.74, 6) is -0.366. The standard InChI is InChI=1S/C20H17N3O2/c1-3-6-14(4-2)21-15-11-9-13(10-12-15)19-22-17-8-5-7-16(20(24)25)18(17)23-19/h3-12,21H,1-2H2,(H,22,23)(H,24,25)/b14-6+. The fraction of sp³-hybridized carbons (Fsp3) is 0. The number of anilines is 1. The fourth-order valence-electron chi connectivity index (χ4n) is 2.51. The summed E-state index contributed by atoms with van der Waals surface area (Å²) in [6.07, 6.45) is 5.22. The highest BCUT2D eigenvalue weighted by molar-refractivity contribution is 6.01. The Morgan fingerprint density at radius 3 is 2.56 bits per heavy atom. The number of hydrogen-bond acceptors (Lipinski definition) is 3. The molecule has 0 fully saturated rings. The van der Waals surface area contributed by atoms with Crippen molar-refractivity contribution in [2.75, 3.05) is 5.32 Å². The molecule has 5 nitrogen and oxygen atoms in total. The number of allylic oxidation sites excluding steroid dienone is 3. The number of aromatic amines is 1. The van der Waals surface area contributed by atoms with Crippen molar-refractivity contribution in [2.45, 2.75) is 0 Å². The minimum absolute atomic E-state index is 0.184. The number of para-hydroxylation sites is 1. The van der Waals surface area contributed by atoms with Crippen molar-refractivity contribution in [3.05, 3.63) is 85.1 Å². The molecule has 0 aliphatic rings. The van der Waals surface area contributed by atoms with Gasteiger partial charge in [-0.25, -0.2) is 9.78 Å². The van der Waals surface area contributed by atoms with Crippen molar-refractivity contribution in [1.29, 1.82) is 0 Å². The maximum Gasteiger partial charge on any atom is 0.337 e. The van der Waals surface area contributed by atoms with Crippen LogP contribution >= 0.6 is 0 Å². The second kappa shape index (κ2) is 6.88. The molecule has 0 saturated carbocycles. The quantitative estimate of drug-likeness (QED) is 0.577. The number of nitrogens with one attached hydrogen (secondary N) is 2. The maximum absolute atomic E-state index is 11.3. The van der Waals surface area contributed by atoms with Crippen LogP contribution in [0.1, 0.15) is 10.4 Å². The van der Waals surface area contributed by atoms with E-state index in [4.69, 9.17) is 0 Å². The molecule has 0 aliphatic carbocycles. The molecule has 0 amide bonds. The van der Waals surface area contributed by atoms with Crippen molar-refractivity contribution in [2.24, 2.45) is 0 Å². The normalized spacial score (nSPS) is 11.3. The lowest BCUT2D eigenvalue weighted by Crippen LogP contribution is -1.96. The molecule has 0 saturated heterocycles. The molecule has 0 spiro atoms. The van der Waals surface area contributed by atoms with E-state index in [0.717, 1.165) is 16.9 Å². The molecule has 1 aromatic heterocycles.